The lowest BCUT2D eigenvalue weighted by molar-refractivity contribution is -0.122. The zero-order valence-corrected chi connectivity index (χ0v) is 17.6. The molecule has 0 N–H and O–H groups in total. The van der Waals surface area contributed by atoms with Crippen molar-refractivity contribution in [2.24, 2.45) is 0 Å². The van der Waals surface area contributed by atoms with Crippen LogP contribution in [0.2, 0.25) is 0 Å². The molecule has 4 rings (SSSR count). The molecule has 2 aromatic carbocycles. The Hall–Kier alpha value is -3.76. The van der Waals surface area contributed by atoms with Crippen molar-refractivity contribution in [2.75, 3.05) is 4.90 Å². The zero-order chi connectivity index (χ0) is 22.0. The summed E-state index contributed by atoms with van der Waals surface area (Å²) < 4.78 is 0. The Bertz CT molecular complexity index is 1180. The van der Waals surface area contributed by atoms with Crippen molar-refractivity contribution in [1.29, 1.82) is 5.26 Å². The molecule has 0 bridgehead atoms. The average Bonchev–Trinajstić information content (AvgIpc) is 3.39. The van der Waals surface area contributed by atoms with Crippen molar-refractivity contribution in [3.05, 3.63) is 87.6 Å². The second-order valence-corrected chi connectivity index (χ2v) is 8.36. The summed E-state index contributed by atoms with van der Waals surface area (Å²) in [4.78, 5) is 43.0. The van der Waals surface area contributed by atoms with Gasteiger partial charge in [0.05, 0.1) is 30.3 Å². The number of carbonyl (C=O) groups excluding carboxylic acids is 3. The highest BCUT2D eigenvalue weighted by molar-refractivity contribution is 7.09. The molecule has 1 atom stereocenters. The first-order chi connectivity index (χ1) is 15.0. The topological polar surface area (TPSA) is 81.5 Å². The molecule has 1 aliphatic heterocycles. The van der Waals surface area contributed by atoms with Gasteiger partial charge in [0, 0.05) is 10.4 Å². The fourth-order valence-corrected chi connectivity index (χ4v) is 4.36. The van der Waals surface area contributed by atoms with E-state index in [1.807, 2.05) is 36.6 Å². The first-order valence-electron chi connectivity index (χ1n) is 9.75. The molecule has 3 amide bonds. The predicted octanol–water partition coefficient (Wildman–Crippen LogP) is 3.90. The Morgan fingerprint density at radius 3 is 2.58 bits per heavy atom. The van der Waals surface area contributed by atoms with Crippen molar-refractivity contribution < 1.29 is 14.4 Å². The average molecular weight is 430 g/mol. The third kappa shape index (κ3) is 4.11. The van der Waals surface area contributed by atoms with Gasteiger partial charge in [-0.2, -0.15) is 5.26 Å². The second-order valence-electron chi connectivity index (χ2n) is 7.33. The summed E-state index contributed by atoms with van der Waals surface area (Å²) >= 11 is 1.49. The van der Waals surface area contributed by atoms with Crippen molar-refractivity contribution in [1.82, 2.24) is 4.90 Å². The van der Waals surface area contributed by atoms with Gasteiger partial charge < -0.3 is 4.90 Å². The quantitative estimate of drug-likeness (QED) is 0.576. The standard InChI is InChI=1S/C24H19N3O3S/c1-16-4-2-5-18(12-16)23(29)26(15-20-6-3-11-31-20)21-13-22(28)27(24(21)30)19-9-7-17(14-25)8-10-19/h2-12,21H,13,15H2,1H3. The molecule has 6 nitrogen and oxygen atoms in total. The number of rotatable bonds is 5. The van der Waals surface area contributed by atoms with E-state index < -0.39 is 11.9 Å². The van der Waals surface area contributed by atoms with Crippen LogP contribution in [0.25, 0.3) is 0 Å². The Morgan fingerprint density at radius 1 is 1.16 bits per heavy atom. The van der Waals surface area contributed by atoms with E-state index >= 15 is 0 Å². The van der Waals surface area contributed by atoms with Crippen LogP contribution in [0.3, 0.4) is 0 Å². The van der Waals surface area contributed by atoms with Gasteiger partial charge in [-0.15, -0.1) is 11.3 Å². The van der Waals surface area contributed by atoms with Crippen LogP contribution in [0, 0.1) is 18.3 Å². The van der Waals surface area contributed by atoms with Gasteiger partial charge in [0.25, 0.3) is 11.8 Å². The van der Waals surface area contributed by atoms with Gasteiger partial charge in [0.1, 0.15) is 6.04 Å². The van der Waals surface area contributed by atoms with Crippen LogP contribution < -0.4 is 4.90 Å². The number of amides is 3. The second kappa shape index (κ2) is 8.54. The highest BCUT2D eigenvalue weighted by Gasteiger charge is 2.44. The number of thiophene rings is 1. The molecule has 2 heterocycles. The van der Waals surface area contributed by atoms with E-state index in [0.29, 0.717) is 16.8 Å². The van der Waals surface area contributed by atoms with Gasteiger partial charge in [0.2, 0.25) is 5.91 Å². The summed E-state index contributed by atoms with van der Waals surface area (Å²) in [5.74, 6) is -1.09. The van der Waals surface area contributed by atoms with Gasteiger partial charge >= 0.3 is 0 Å². The number of carbonyl (C=O) groups is 3. The van der Waals surface area contributed by atoms with Crippen LogP contribution in [-0.4, -0.2) is 28.7 Å². The van der Waals surface area contributed by atoms with Gasteiger partial charge in [-0.05, 0) is 54.8 Å². The van der Waals surface area contributed by atoms with Crippen LogP contribution in [0.15, 0.2) is 66.0 Å². The number of nitriles is 1. The Kier molecular flexibility index (Phi) is 5.65. The van der Waals surface area contributed by atoms with Crippen molar-refractivity contribution in [2.45, 2.75) is 25.9 Å². The molecule has 1 fully saturated rings. The molecule has 1 aromatic heterocycles. The van der Waals surface area contributed by atoms with E-state index in [1.165, 1.54) is 16.2 Å². The predicted molar refractivity (Wildman–Crippen MR) is 117 cm³/mol. The molecule has 0 saturated carbocycles. The lowest BCUT2D eigenvalue weighted by atomic mass is 10.1. The highest BCUT2D eigenvalue weighted by Crippen LogP contribution is 2.28. The number of imide groups is 1. The van der Waals surface area contributed by atoms with Crippen LogP contribution >= 0.6 is 11.3 Å². The van der Waals surface area contributed by atoms with Crippen molar-refractivity contribution >= 4 is 34.7 Å². The maximum absolute atomic E-state index is 13.4. The Balaban J connectivity index is 1.67. The maximum Gasteiger partial charge on any atom is 0.257 e. The van der Waals surface area contributed by atoms with Gasteiger partial charge in [-0.1, -0.05) is 23.8 Å². The van der Waals surface area contributed by atoms with E-state index in [0.717, 1.165) is 15.3 Å². The van der Waals surface area contributed by atoms with Crippen molar-refractivity contribution in [3.63, 3.8) is 0 Å². The molecule has 1 saturated heterocycles. The zero-order valence-electron chi connectivity index (χ0n) is 16.8. The monoisotopic (exact) mass is 429 g/mol. The van der Waals surface area contributed by atoms with Crippen LogP contribution in [0.4, 0.5) is 5.69 Å². The molecule has 7 heteroatoms. The van der Waals surface area contributed by atoms with E-state index in [4.69, 9.17) is 5.26 Å². The molecule has 1 unspecified atom stereocenters. The molecule has 31 heavy (non-hydrogen) atoms. The summed E-state index contributed by atoms with van der Waals surface area (Å²) in [6.45, 7) is 2.15. The van der Waals surface area contributed by atoms with Gasteiger partial charge in [-0.3, -0.25) is 14.4 Å². The molecule has 0 spiro atoms. The Labute approximate surface area is 183 Å². The lowest BCUT2D eigenvalue weighted by Crippen LogP contribution is -2.45. The highest BCUT2D eigenvalue weighted by atomic mass is 32.1. The molecule has 3 aromatic rings. The molecule has 0 aliphatic carbocycles. The van der Waals surface area contributed by atoms with Gasteiger partial charge in [0.15, 0.2) is 0 Å². The summed E-state index contributed by atoms with van der Waals surface area (Å²) in [5.41, 5.74) is 2.26. The summed E-state index contributed by atoms with van der Waals surface area (Å²) in [7, 11) is 0. The van der Waals surface area contributed by atoms with E-state index in [2.05, 4.69) is 0 Å². The molecular weight excluding hydrogens is 410 g/mol. The minimum atomic E-state index is -0.891. The number of benzene rings is 2. The van der Waals surface area contributed by atoms with E-state index in [9.17, 15) is 14.4 Å². The van der Waals surface area contributed by atoms with E-state index in [-0.39, 0.29) is 24.8 Å². The normalized spacial score (nSPS) is 15.7. The first-order valence-corrected chi connectivity index (χ1v) is 10.6. The fraction of sp³-hybridized carbons (Fsp3) is 0.167. The summed E-state index contributed by atoms with van der Waals surface area (Å²) in [6, 6.07) is 18.4. The molecule has 0 radical (unpaired) electrons. The third-order valence-corrected chi connectivity index (χ3v) is 6.05. The minimum absolute atomic E-state index is 0.0816. The summed E-state index contributed by atoms with van der Waals surface area (Å²) in [6.07, 6.45) is -0.0816. The summed E-state index contributed by atoms with van der Waals surface area (Å²) in [5, 5.41) is 10.9. The van der Waals surface area contributed by atoms with Gasteiger partial charge in [-0.25, -0.2) is 4.90 Å². The minimum Gasteiger partial charge on any atom is -0.321 e. The number of hydrogen-bond acceptors (Lipinski definition) is 5. The lowest BCUT2D eigenvalue weighted by Gasteiger charge is -2.27. The first kappa shape index (κ1) is 20.5. The number of aryl methyl sites for hydroxylation is 1. The number of hydrogen-bond donors (Lipinski definition) is 0. The largest absolute Gasteiger partial charge is 0.321 e. The molecule has 154 valence electrons. The van der Waals surface area contributed by atoms with Crippen LogP contribution in [0.5, 0.6) is 0 Å². The fourth-order valence-electron chi connectivity index (χ4n) is 3.65. The van der Waals surface area contributed by atoms with Crippen molar-refractivity contribution in [3.8, 4) is 6.07 Å². The SMILES string of the molecule is Cc1cccc(C(=O)N(Cc2cccs2)C2CC(=O)N(c3ccc(C#N)cc3)C2=O)c1. The maximum atomic E-state index is 13.4. The molecular formula is C24H19N3O3S. The number of nitrogens with zero attached hydrogens (tertiary/aromatic N) is 3. The smallest absolute Gasteiger partial charge is 0.257 e. The third-order valence-electron chi connectivity index (χ3n) is 5.19. The van der Waals surface area contributed by atoms with Crippen LogP contribution in [-0.2, 0) is 16.1 Å². The van der Waals surface area contributed by atoms with Crippen LogP contribution in [0.1, 0.15) is 32.8 Å². The molecule has 1 aliphatic rings. The Morgan fingerprint density at radius 2 is 1.94 bits per heavy atom. The number of anilines is 1. The van der Waals surface area contributed by atoms with E-state index in [1.54, 1.807) is 42.5 Å².